The molecule has 1 spiro atoms. The van der Waals surface area contributed by atoms with Crippen LogP contribution in [-0.2, 0) is 17.8 Å². The predicted octanol–water partition coefficient (Wildman–Crippen LogP) is 3.19. The van der Waals surface area contributed by atoms with Crippen molar-refractivity contribution in [3.05, 3.63) is 83.3 Å². The average Bonchev–Trinajstić information content (AvgIpc) is 3.33. The summed E-state index contributed by atoms with van der Waals surface area (Å²) in [6.45, 7) is 5.55. The van der Waals surface area contributed by atoms with Crippen molar-refractivity contribution in [2.24, 2.45) is 5.41 Å². The van der Waals surface area contributed by atoms with Crippen molar-refractivity contribution in [2.45, 2.75) is 25.8 Å². The van der Waals surface area contributed by atoms with Crippen molar-refractivity contribution in [2.75, 3.05) is 26.2 Å². The Balaban J connectivity index is 1.31. The molecule has 2 saturated heterocycles. The number of carbonyl (C=O) groups excluding carboxylic acids is 1. The SMILES string of the molecule is Cc1nnc(C2CN(Cc3ccccc3)CC23CN(C(=O)Cc2ccccc2F)C3)o1. The van der Waals surface area contributed by atoms with Gasteiger partial charge in [0.15, 0.2) is 0 Å². The Kier molecular flexibility index (Phi) is 5.06. The molecule has 0 N–H and O–H groups in total. The van der Waals surface area contributed by atoms with Crippen molar-refractivity contribution >= 4 is 5.91 Å². The average molecular weight is 420 g/mol. The number of benzene rings is 2. The molecule has 1 unspecified atom stereocenters. The molecule has 1 aromatic heterocycles. The number of hydrogen-bond donors (Lipinski definition) is 0. The van der Waals surface area contributed by atoms with Gasteiger partial charge in [-0.15, -0.1) is 10.2 Å². The van der Waals surface area contributed by atoms with Gasteiger partial charge in [0.25, 0.3) is 0 Å². The summed E-state index contributed by atoms with van der Waals surface area (Å²) in [4.78, 5) is 17.0. The van der Waals surface area contributed by atoms with Gasteiger partial charge < -0.3 is 9.32 Å². The maximum Gasteiger partial charge on any atom is 0.227 e. The van der Waals surface area contributed by atoms with E-state index in [-0.39, 0.29) is 29.5 Å². The molecule has 6 nitrogen and oxygen atoms in total. The first-order chi connectivity index (χ1) is 15.0. The molecule has 0 saturated carbocycles. The highest BCUT2D eigenvalue weighted by molar-refractivity contribution is 5.80. The number of hydrogen-bond acceptors (Lipinski definition) is 5. The molecule has 7 heteroatoms. The second-order valence-corrected chi connectivity index (χ2v) is 8.75. The normalized spacial score (nSPS) is 20.2. The smallest absolute Gasteiger partial charge is 0.227 e. The van der Waals surface area contributed by atoms with E-state index < -0.39 is 0 Å². The van der Waals surface area contributed by atoms with Gasteiger partial charge >= 0.3 is 0 Å². The van der Waals surface area contributed by atoms with Crippen LogP contribution in [0.4, 0.5) is 4.39 Å². The Labute approximate surface area is 180 Å². The molecule has 5 rings (SSSR count). The van der Waals surface area contributed by atoms with Crippen LogP contribution in [0.15, 0.2) is 59.0 Å². The van der Waals surface area contributed by atoms with Gasteiger partial charge in [-0.05, 0) is 17.2 Å². The molecule has 1 atom stereocenters. The number of halogens is 1. The number of likely N-dealkylation sites (tertiary alicyclic amines) is 2. The van der Waals surface area contributed by atoms with E-state index in [0.717, 1.165) is 19.6 Å². The zero-order valence-corrected chi connectivity index (χ0v) is 17.5. The number of nitrogens with zero attached hydrogens (tertiary/aromatic N) is 4. The summed E-state index contributed by atoms with van der Waals surface area (Å²) >= 11 is 0. The molecule has 0 aliphatic carbocycles. The molecule has 3 aromatic rings. The molecule has 0 bridgehead atoms. The van der Waals surface area contributed by atoms with E-state index in [1.807, 2.05) is 23.1 Å². The van der Waals surface area contributed by atoms with Gasteiger partial charge in [0.2, 0.25) is 17.7 Å². The Morgan fingerprint density at radius 1 is 1.10 bits per heavy atom. The maximum absolute atomic E-state index is 14.0. The van der Waals surface area contributed by atoms with Crippen LogP contribution in [0.2, 0.25) is 0 Å². The molecule has 0 radical (unpaired) electrons. The fraction of sp³-hybridized carbons (Fsp3) is 0.375. The quantitative estimate of drug-likeness (QED) is 0.634. The standard InChI is InChI=1S/C24H25FN4O2/c1-17-26-27-23(31-17)20-13-28(12-18-7-3-2-4-8-18)14-24(20)15-29(16-24)22(30)11-19-9-5-6-10-21(19)25/h2-10,20H,11-16H2,1H3. The minimum Gasteiger partial charge on any atom is -0.425 e. The molecule has 31 heavy (non-hydrogen) atoms. The first kappa shape index (κ1) is 19.9. The van der Waals surface area contributed by atoms with Crippen LogP contribution in [0, 0.1) is 18.2 Å². The van der Waals surface area contributed by atoms with E-state index >= 15 is 0 Å². The molecule has 2 fully saturated rings. The van der Waals surface area contributed by atoms with E-state index in [2.05, 4.69) is 27.2 Å². The first-order valence-electron chi connectivity index (χ1n) is 10.6. The van der Waals surface area contributed by atoms with Gasteiger partial charge in [0.1, 0.15) is 5.82 Å². The number of aromatic nitrogens is 2. The summed E-state index contributed by atoms with van der Waals surface area (Å²) in [6.07, 6.45) is 0.0841. The van der Waals surface area contributed by atoms with Crippen LogP contribution in [0.25, 0.3) is 0 Å². The summed E-state index contributed by atoms with van der Waals surface area (Å²) in [6, 6.07) is 16.8. The van der Waals surface area contributed by atoms with Crippen LogP contribution in [0.1, 0.15) is 28.8 Å². The highest BCUT2D eigenvalue weighted by Crippen LogP contribution is 2.49. The third-order valence-electron chi connectivity index (χ3n) is 6.47. The lowest BCUT2D eigenvalue weighted by Crippen LogP contribution is -2.61. The third kappa shape index (κ3) is 3.85. The molecule has 2 aliphatic heterocycles. The van der Waals surface area contributed by atoms with Gasteiger partial charge in [-0.3, -0.25) is 9.69 Å². The van der Waals surface area contributed by atoms with Crippen molar-refractivity contribution in [3.8, 4) is 0 Å². The van der Waals surface area contributed by atoms with Crippen LogP contribution in [0.3, 0.4) is 0 Å². The Morgan fingerprint density at radius 3 is 2.55 bits per heavy atom. The maximum atomic E-state index is 14.0. The lowest BCUT2D eigenvalue weighted by atomic mass is 9.71. The summed E-state index contributed by atoms with van der Waals surface area (Å²) in [5.74, 6) is 0.903. The summed E-state index contributed by atoms with van der Waals surface area (Å²) < 4.78 is 19.8. The molecular weight excluding hydrogens is 395 g/mol. The summed E-state index contributed by atoms with van der Waals surface area (Å²) in [5.41, 5.74) is 1.58. The summed E-state index contributed by atoms with van der Waals surface area (Å²) in [7, 11) is 0. The van der Waals surface area contributed by atoms with E-state index in [9.17, 15) is 9.18 Å². The molecular formula is C24H25FN4O2. The van der Waals surface area contributed by atoms with Crippen molar-refractivity contribution in [1.82, 2.24) is 20.0 Å². The van der Waals surface area contributed by atoms with Crippen LogP contribution in [0.5, 0.6) is 0 Å². The monoisotopic (exact) mass is 420 g/mol. The molecule has 3 heterocycles. The van der Waals surface area contributed by atoms with E-state index in [1.165, 1.54) is 11.6 Å². The van der Waals surface area contributed by atoms with Crippen molar-refractivity contribution < 1.29 is 13.6 Å². The van der Waals surface area contributed by atoms with Gasteiger partial charge in [-0.1, -0.05) is 48.5 Å². The molecule has 160 valence electrons. The lowest BCUT2D eigenvalue weighted by molar-refractivity contribution is -0.143. The van der Waals surface area contributed by atoms with Crippen molar-refractivity contribution in [3.63, 3.8) is 0 Å². The van der Waals surface area contributed by atoms with Gasteiger partial charge in [-0.25, -0.2) is 4.39 Å². The van der Waals surface area contributed by atoms with Crippen LogP contribution < -0.4 is 0 Å². The molecule has 2 aromatic carbocycles. The number of amides is 1. The fourth-order valence-corrected chi connectivity index (χ4v) is 4.95. The predicted molar refractivity (Wildman–Crippen MR) is 113 cm³/mol. The lowest BCUT2D eigenvalue weighted by Gasteiger charge is -2.50. The van der Waals surface area contributed by atoms with Gasteiger partial charge in [0.05, 0.1) is 12.3 Å². The minimum atomic E-state index is -0.333. The summed E-state index contributed by atoms with van der Waals surface area (Å²) in [5, 5.41) is 8.33. The Morgan fingerprint density at radius 2 is 1.84 bits per heavy atom. The largest absolute Gasteiger partial charge is 0.425 e. The van der Waals surface area contributed by atoms with Gasteiger partial charge in [-0.2, -0.15) is 0 Å². The van der Waals surface area contributed by atoms with E-state index in [0.29, 0.717) is 30.4 Å². The topological polar surface area (TPSA) is 62.5 Å². The second-order valence-electron chi connectivity index (χ2n) is 8.75. The zero-order valence-electron chi connectivity index (χ0n) is 17.5. The Hall–Kier alpha value is -3.06. The van der Waals surface area contributed by atoms with Gasteiger partial charge in [0, 0.05) is 45.1 Å². The van der Waals surface area contributed by atoms with E-state index in [4.69, 9.17) is 4.42 Å². The van der Waals surface area contributed by atoms with Crippen LogP contribution >= 0.6 is 0 Å². The fourth-order valence-electron chi connectivity index (χ4n) is 4.95. The second kappa shape index (κ2) is 7.89. The Bertz CT molecular complexity index is 1080. The van der Waals surface area contributed by atoms with Crippen LogP contribution in [-0.4, -0.2) is 52.1 Å². The highest BCUT2D eigenvalue weighted by Gasteiger charge is 2.57. The third-order valence-corrected chi connectivity index (χ3v) is 6.47. The number of aryl methyl sites for hydroxylation is 1. The van der Waals surface area contributed by atoms with E-state index in [1.54, 1.807) is 25.1 Å². The zero-order chi connectivity index (χ0) is 21.4. The minimum absolute atomic E-state index is 0.0438. The molecule has 2 aliphatic rings. The first-order valence-corrected chi connectivity index (χ1v) is 10.6. The van der Waals surface area contributed by atoms with Crippen molar-refractivity contribution in [1.29, 1.82) is 0 Å². The highest BCUT2D eigenvalue weighted by atomic mass is 19.1. The number of rotatable bonds is 5. The molecule has 1 amide bonds. The number of carbonyl (C=O) groups is 1.